The summed E-state index contributed by atoms with van der Waals surface area (Å²) in [6.45, 7) is 4.35. The number of rotatable bonds is 5. The Morgan fingerprint density at radius 3 is 3.00 bits per heavy atom. The zero-order valence-corrected chi connectivity index (χ0v) is 10.9. The van der Waals surface area contributed by atoms with Crippen molar-refractivity contribution in [2.45, 2.75) is 32.6 Å². The minimum Gasteiger partial charge on any atom is -0.316 e. The summed E-state index contributed by atoms with van der Waals surface area (Å²) >= 11 is 0. The lowest BCUT2D eigenvalue weighted by molar-refractivity contribution is 0.442. The Kier molecular flexibility index (Phi) is 4.37. The Balaban J connectivity index is 1.66. The van der Waals surface area contributed by atoms with Gasteiger partial charge in [0.05, 0.1) is 6.20 Å². The molecular weight excluding hydrogens is 210 g/mol. The molecule has 0 fully saturated rings. The average molecular weight is 233 g/mol. The van der Waals surface area contributed by atoms with Crippen LogP contribution in [0.3, 0.4) is 0 Å². The number of nitrogens with one attached hydrogen (secondary N) is 1. The lowest BCUT2D eigenvalue weighted by Gasteiger charge is -2.18. The van der Waals surface area contributed by atoms with Gasteiger partial charge in [0, 0.05) is 12.7 Å². The van der Waals surface area contributed by atoms with E-state index in [4.69, 9.17) is 0 Å². The van der Waals surface area contributed by atoms with Gasteiger partial charge in [0.2, 0.25) is 0 Å². The van der Waals surface area contributed by atoms with E-state index in [9.17, 15) is 0 Å². The van der Waals surface area contributed by atoms with Crippen LogP contribution in [0.4, 0.5) is 0 Å². The quantitative estimate of drug-likeness (QED) is 0.624. The Bertz CT molecular complexity index is 379. The van der Waals surface area contributed by atoms with Crippen LogP contribution in [-0.2, 0) is 13.5 Å². The predicted molar refractivity (Wildman–Crippen MR) is 71.0 cm³/mol. The monoisotopic (exact) mass is 233 g/mol. The summed E-state index contributed by atoms with van der Waals surface area (Å²) in [6, 6.07) is 0. The first-order chi connectivity index (χ1) is 8.27. The van der Waals surface area contributed by atoms with Crippen molar-refractivity contribution < 1.29 is 0 Å². The molecule has 0 radical (unpaired) electrons. The highest BCUT2D eigenvalue weighted by molar-refractivity contribution is 5.15. The second-order valence-electron chi connectivity index (χ2n) is 4.98. The summed E-state index contributed by atoms with van der Waals surface area (Å²) in [5.41, 5.74) is 2.65. The van der Waals surface area contributed by atoms with Crippen LogP contribution in [0.15, 0.2) is 18.3 Å². The SMILES string of the molecule is Cc1c(CCNC[C@@H]2CC=CCC2)cnn1C. The molecule has 2 rings (SSSR count). The van der Waals surface area contributed by atoms with Crippen LogP contribution in [0.1, 0.15) is 30.5 Å². The second-order valence-corrected chi connectivity index (χ2v) is 4.98. The highest BCUT2D eigenvalue weighted by atomic mass is 15.3. The van der Waals surface area contributed by atoms with Gasteiger partial charge in [-0.3, -0.25) is 4.68 Å². The molecule has 0 bridgehead atoms. The number of aryl methyl sites for hydroxylation is 1. The Morgan fingerprint density at radius 1 is 1.47 bits per heavy atom. The molecule has 0 aliphatic heterocycles. The van der Waals surface area contributed by atoms with Gasteiger partial charge in [-0.1, -0.05) is 12.2 Å². The van der Waals surface area contributed by atoms with E-state index in [1.54, 1.807) is 0 Å². The molecule has 1 aromatic rings. The van der Waals surface area contributed by atoms with Gasteiger partial charge in [0.25, 0.3) is 0 Å². The lowest BCUT2D eigenvalue weighted by atomic mass is 9.94. The van der Waals surface area contributed by atoms with Gasteiger partial charge in [-0.05, 0) is 57.2 Å². The molecule has 3 heteroatoms. The number of nitrogens with zero attached hydrogens (tertiary/aromatic N) is 2. The molecule has 0 saturated heterocycles. The van der Waals surface area contributed by atoms with Crippen LogP contribution in [0.2, 0.25) is 0 Å². The van der Waals surface area contributed by atoms with Gasteiger partial charge in [0.15, 0.2) is 0 Å². The maximum Gasteiger partial charge on any atom is 0.0524 e. The fourth-order valence-electron chi connectivity index (χ4n) is 2.36. The molecule has 0 saturated carbocycles. The van der Waals surface area contributed by atoms with Crippen LogP contribution in [0, 0.1) is 12.8 Å². The number of hydrogen-bond acceptors (Lipinski definition) is 2. The molecule has 94 valence electrons. The third kappa shape index (κ3) is 3.43. The van der Waals surface area contributed by atoms with Crippen molar-refractivity contribution in [2.24, 2.45) is 13.0 Å². The Hall–Kier alpha value is -1.09. The van der Waals surface area contributed by atoms with E-state index < -0.39 is 0 Å². The van der Waals surface area contributed by atoms with E-state index in [-0.39, 0.29) is 0 Å². The van der Waals surface area contributed by atoms with Gasteiger partial charge in [-0.15, -0.1) is 0 Å². The van der Waals surface area contributed by atoms with Gasteiger partial charge >= 0.3 is 0 Å². The van der Waals surface area contributed by atoms with Crippen molar-refractivity contribution in [3.05, 3.63) is 29.6 Å². The molecule has 1 atom stereocenters. The maximum atomic E-state index is 4.26. The van der Waals surface area contributed by atoms with Crippen LogP contribution in [0.25, 0.3) is 0 Å². The predicted octanol–water partition coefficient (Wildman–Crippen LogP) is 2.22. The molecule has 0 spiro atoms. The zero-order valence-electron chi connectivity index (χ0n) is 10.9. The van der Waals surface area contributed by atoms with Gasteiger partial charge in [-0.25, -0.2) is 0 Å². The number of aromatic nitrogens is 2. The molecule has 3 nitrogen and oxygen atoms in total. The van der Waals surface area contributed by atoms with E-state index in [1.165, 1.54) is 30.5 Å². The van der Waals surface area contributed by atoms with Gasteiger partial charge in [0.1, 0.15) is 0 Å². The van der Waals surface area contributed by atoms with Crippen LogP contribution < -0.4 is 5.32 Å². The lowest BCUT2D eigenvalue weighted by Crippen LogP contribution is -2.25. The molecular formula is C14H23N3. The third-order valence-electron chi connectivity index (χ3n) is 3.72. The standard InChI is InChI=1S/C14H23N3/c1-12-14(11-16-17(12)2)8-9-15-10-13-6-4-3-5-7-13/h3-4,11,13,15H,5-10H2,1-2H3/t13-/m1/s1. The molecule has 0 unspecified atom stereocenters. The maximum absolute atomic E-state index is 4.26. The van der Waals surface area contributed by atoms with E-state index in [0.717, 1.165) is 25.4 Å². The number of hydrogen-bond donors (Lipinski definition) is 1. The van der Waals surface area contributed by atoms with Crippen molar-refractivity contribution in [1.82, 2.24) is 15.1 Å². The Labute approximate surface area is 104 Å². The minimum absolute atomic E-state index is 0.843. The largest absolute Gasteiger partial charge is 0.316 e. The highest BCUT2D eigenvalue weighted by Crippen LogP contribution is 2.16. The van der Waals surface area contributed by atoms with Crippen LogP contribution >= 0.6 is 0 Å². The van der Waals surface area contributed by atoms with Gasteiger partial charge < -0.3 is 5.32 Å². The van der Waals surface area contributed by atoms with Crippen molar-refractivity contribution in [3.63, 3.8) is 0 Å². The summed E-state index contributed by atoms with van der Waals surface area (Å²) in [4.78, 5) is 0. The average Bonchev–Trinajstić information content (AvgIpc) is 2.67. The van der Waals surface area contributed by atoms with Crippen LogP contribution in [-0.4, -0.2) is 22.9 Å². The second kappa shape index (κ2) is 6.01. The Morgan fingerprint density at radius 2 is 2.35 bits per heavy atom. The summed E-state index contributed by atoms with van der Waals surface area (Å²) in [5, 5.41) is 7.83. The summed E-state index contributed by atoms with van der Waals surface area (Å²) < 4.78 is 1.95. The summed E-state index contributed by atoms with van der Waals surface area (Å²) in [6.07, 6.45) is 11.5. The highest BCUT2D eigenvalue weighted by Gasteiger charge is 2.09. The summed E-state index contributed by atoms with van der Waals surface area (Å²) in [5.74, 6) is 0.843. The molecule has 0 amide bonds. The van der Waals surface area contributed by atoms with Crippen molar-refractivity contribution in [2.75, 3.05) is 13.1 Å². The molecule has 1 aromatic heterocycles. The topological polar surface area (TPSA) is 29.9 Å². The van der Waals surface area contributed by atoms with E-state index in [1.807, 2.05) is 17.9 Å². The molecule has 1 aliphatic carbocycles. The van der Waals surface area contributed by atoms with E-state index in [2.05, 4.69) is 29.5 Å². The summed E-state index contributed by atoms with van der Waals surface area (Å²) in [7, 11) is 2.00. The first kappa shape index (κ1) is 12.4. The van der Waals surface area contributed by atoms with Crippen molar-refractivity contribution in [3.8, 4) is 0 Å². The van der Waals surface area contributed by atoms with E-state index in [0.29, 0.717) is 0 Å². The van der Waals surface area contributed by atoms with Crippen molar-refractivity contribution >= 4 is 0 Å². The first-order valence-corrected chi connectivity index (χ1v) is 6.60. The normalized spacial score (nSPS) is 19.8. The van der Waals surface area contributed by atoms with Crippen molar-refractivity contribution in [1.29, 1.82) is 0 Å². The minimum atomic E-state index is 0.843. The zero-order chi connectivity index (χ0) is 12.1. The van der Waals surface area contributed by atoms with Crippen LogP contribution in [0.5, 0.6) is 0 Å². The van der Waals surface area contributed by atoms with Gasteiger partial charge in [-0.2, -0.15) is 5.10 Å². The first-order valence-electron chi connectivity index (χ1n) is 6.60. The van der Waals surface area contributed by atoms with E-state index >= 15 is 0 Å². The number of allylic oxidation sites excluding steroid dienone is 2. The molecule has 0 aromatic carbocycles. The smallest absolute Gasteiger partial charge is 0.0524 e. The fraction of sp³-hybridized carbons (Fsp3) is 0.643. The fourth-order valence-corrected chi connectivity index (χ4v) is 2.36. The molecule has 1 heterocycles. The third-order valence-corrected chi connectivity index (χ3v) is 3.72. The molecule has 1 N–H and O–H groups in total. The molecule has 17 heavy (non-hydrogen) atoms. The molecule has 1 aliphatic rings.